The van der Waals surface area contributed by atoms with E-state index in [1.807, 2.05) is 66.7 Å². The van der Waals surface area contributed by atoms with Gasteiger partial charge in [-0.2, -0.15) is 0 Å². The van der Waals surface area contributed by atoms with Crippen molar-refractivity contribution in [1.82, 2.24) is 5.32 Å². The SMILES string of the molecule is CC(C)(C)OC(=O)NC(COCc1ccc(OCc2cccc(-c3cccc4c3oc3ccccc34)c2)cc1F)C(=O)O. The molecule has 0 saturated heterocycles. The second-order valence-electron chi connectivity index (χ2n) is 11.1. The monoisotopic (exact) mass is 585 g/mol. The highest BCUT2D eigenvalue weighted by molar-refractivity contribution is 6.09. The van der Waals surface area contributed by atoms with Crippen molar-refractivity contribution < 1.29 is 37.7 Å². The predicted octanol–water partition coefficient (Wildman–Crippen LogP) is 7.47. The second kappa shape index (κ2) is 12.5. The maximum atomic E-state index is 14.8. The fourth-order valence-electron chi connectivity index (χ4n) is 4.62. The molecule has 0 spiro atoms. The maximum absolute atomic E-state index is 14.8. The zero-order valence-electron chi connectivity index (χ0n) is 24.1. The van der Waals surface area contributed by atoms with Gasteiger partial charge in [0.2, 0.25) is 0 Å². The van der Waals surface area contributed by atoms with Crippen LogP contribution in [0.4, 0.5) is 9.18 Å². The number of fused-ring (bicyclic) bond motifs is 3. The Kier molecular flexibility index (Phi) is 8.63. The Morgan fingerprint density at radius 2 is 1.70 bits per heavy atom. The molecule has 1 amide bonds. The molecule has 0 fully saturated rings. The summed E-state index contributed by atoms with van der Waals surface area (Å²) >= 11 is 0. The molecule has 222 valence electrons. The van der Waals surface area contributed by atoms with E-state index in [0.29, 0.717) is 5.75 Å². The number of carbonyl (C=O) groups is 2. The molecule has 5 rings (SSSR count). The van der Waals surface area contributed by atoms with Gasteiger partial charge in [-0.25, -0.2) is 14.0 Å². The third-order valence-corrected chi connectivity index (χ3v) is 6.60. The Labute approximate surface area is 248 Å². The number of carbonyl (C=O) groups excluding carboxylic acids is 1. The van der Waals surface area contributed by atoms with Gasteiger partial charge >= 0.3 is 12.1 Å². The molecule has 1 unspecified atom stereocenters. The lowest BCUT2D eigenvalue weighted by molar-refractivity contribution is -0.141. The molecule has 0 aliphatic heterocycles. The van der Waals surface area contributed by atoms with Crippen molar-refractivity contribution in [2.75, 3.05) is 6.61 Å². The minimum atomic E-state index is -1.35. The van der Waals surface area contributed by atoms with E-state index < -0.39 is 29.5 Å². The molecule has 0 aliphatic carbocycles. The number of hydrogen-bond acceptors (Lipinski definition) is 6. The first-order chi connectivity index (χ1) is 20.6. The molecule has 4 aromatic carbocycles. The Morgan fingerprint density at radius 3 is 2.47 bits per heavy atom. The zero-order valence-corrected chi connectivity index (χ0v) is 24.1. The number of rotatable bonds is 10. The van der Waals surface area contributed by atoms with Crippen LogP contribution in [0.1, 0.15) is 31.9 Å². The van der Waals surface area contributed by atoms with E-state index in [4.69, 9.17) is 18.6 Å². The summed E-state index contributed by atoms with van der Waals surface area (Å²) in [6.45, 7) is 4.64. The van der Waals surface area contributed by atoms with E-state index in [1.165, 1.54) is 12.1 Å². The van der Waals surface area contributed by atoms with Crippen LogP contribution in [0, 0.1) is 5.82 Å². The summed E-state index contributed by atoms with van der Waals surface area (Å²) < 4.78 is 37.3. The lowest BCUT2D eigenvalue weighted by atomic mass is 10.0. The van der Waals surface area contributed by atoms with E-state index in [1.54, 1.807) is 26.8 Å². The van der Waals surface area contributed by atoms with Crippen LogP contribution in [0.5, 0.6) is 5.75 Å². The summed E-state index contributed by atoms with van der Waals surface area (Å²) in [4.78, 5) is 23.4. The summed E-state index contributed by atoms with van der Waals surface area (Å²) in [5, 5.41) is 13.7. The smallest absolute Gasteiger partial charge is 0.408 e. The van der Waals surface area contributed by atoms with Gasteiger partial charge in [-0.05, 0) is 50.1 Å². The summed E-state index contributed by atoms with van der Waals surface area (Å²) in [6, 6.07) is 25.0. The Morgan fingerprint density at radius 1 is 0.930 bits per heavy atom. The first-order valence-corrected chi connectivity index (χ1v) is 13.8. The average Bonchev–Trinajstić information content (AvgIpc) is 3.34. The highest BCUT2D eigenvalue weighted by Crippen LogP contribution is 2.36. The highest BCUT2D eigenvalue weighted by atomic mass is 19.1. The number of furan rings is 1. The average molecular weight is 586 g/mol. The molecular weight excluding hydrogens is 553 g/mol. The number of para-hydroxylation sites is 2. The van der Waals surface area contributed by atoms with E-state index in [-0.39, 0.29) is 25.4 Å². The molecule has 1 aromatic heterocycles. The third kappa shape index (κ3) is 7.31. The molecule has 43 heavy (non-hydrogen) atoms. The van der Waals surface area contributed by atoms with Gasteiger partial charge in [-0.15, -0.1) is 0 Å². The van der Waals surface area contributed by atoms with Crippen LogP contribution in [-0.2, 0) is 27.5 Å². The minimum Gasteiger partial charge on any atom is -0.489 e. The molecule has 0 saturated carbocycles. The number of carboxylic acid groups (broad SMARTS) is 1. The lowest BCUT2D eigenvalue weighted by Crippen LogP contribution is -2.46. The number of alkyl carbamates (subject to hydrolysis) is 1. The highest BCUT2D eigenvalue weighted by Gasteiger charge is 2.24. The normalized spacial score (nSPS) is 12.3. The fourth-order valence-corrected chi connectivity index (χ4v) is 4.62. The largest absolute Gasteiger partial charge is 0.489 e. The molecule has 8 nitrogen and oxygen atoms in total. The van der Waals surface area contributed by atoms with Gasteiger partial charge in [0.15, 0.2) is 6.04 Å². The Hall–Kier alpha value is -4.89. The topological polar surface area (TPSA) is 107 Å². The van der Waals surface area contributed by atoms with Crippen LogP contribution < -0.4 is 10.1 Å². The van der Waals surface area contributed by atoms with Crippen molar-refractivity contribution in [2.45, 2.75) is 45.6 Å². The molecule has 9 heteroatoms. The molecule has 1 atom stereocenters. The van der Waals surface area contributed by atoms with Crippen LogP contribution in [0.25, 0.3) is 33.1 Å². The van der Waals surface area contributed by atoms with E-state index in [0.717, 1.165) is 38.6 Å². The van der Waals surface area contributed by atoms with Crippen molar-refractivity contribution in [3.05, 3.63) is 102 Å². The number of aliphatic carboxylic acids is 1. The predicted molar refractivity (Wildman–Crippen MR) is 160 cm³/mol. The zero-order chi connectivity index (χ0) is 30.6. The van der Waals surface area contributed by atoms with E-state index in [2.05, 4.69) is 5.32 Å². The van der Waals surface area contributed by atoms with Crippen molar-refractivity contribution in [3.63, 3.8) is 0 Å². The fraction of sp³-hybridized carbons (Fsp3) is 0.235. The van der Waals surface area contributed by atoms with Crippen LogP contribution in [0.3, 0.4) is 0 Å². The minimum absolute atomic E-state index is 0.193. The molecule has 5 aromatic rings. The number of ether oxygens (including phenoxy) is 3. The van der Waals surface area contributed by atoms with Crippen molar-refractivity contribution >= 4 is 34.0 Å². The van der Waals surface area contributed by atoms with Gasteiger partial charge < -0.3 is 29.1 Å². The van der Waals surface area contributed by atoms with Crippen molar-refractivity contribution in [1.29, 1.82) is 0 Å². The lowest BCUT2D eigenvalue weighted by Gasteiger charge is -2.22. The van der Waals surface area contributed by atoms with Crippen molar-refractivity contribution in [2.24, 2.45) is 0 Å². The number of hydrogen-bond donors (Lipinski definition) is 2. The second-order valence-corrected chi connectivity index (χ2v) is 11.1. The first-order valence-electron chi connectivity index (χ1n) is 13.8. The van der Waals surface area contributed by atoms with Gasteiger partial charge in [0.05, 0.1) is 13.2 Å². The standard InChI is InChI=1S/C34H32FNO7/c1-34(2,3)43-33(39)36-29(32(37)38)20-40-19-23-14-15-24(17-28(23)35)41-18-21-8-6-9-22(16-21)25-11-7-12-27-26-10-4-5-13-30(26)42-31(25)27/h4-17,29H,18-20H2,1-3H3,(H,36,39)(H,37,38). The number of benzene rings is 4. The van der Waals surface area contributed by atoms with Gasteiger partial charge in [0.25, 0.3) is 0 Å². The van der Waals surface area contributed by atoms with Gasteiger partial charge in [-0.1, -0.05) is 60.7 Å². The van der Waals surface area contributed by atoms with E-state index >= 15 is 0 Å². The molecule has 0 bridgehead atoms. The number of amides is 1. The quantitative estimate of drug-likeness (QED) is 0.175. The summed E-state index contributed by atoms with van der Waals surface area (Å²) in [5.74, 6) is -1.52. The van der Waals surface area contributed by atoms with Crippen LogP contribution in [0.15, 0.2) is 89.3 Å². The van der Waals surface area contributed by atoms with Crippen LogP contribution >= 0.6 is 0 Å². The number of halogens is 1. The summed E-state index contributed by atoms with van der Waals surface area (Å²) in [7, 11) is 0. The first kappa shape index (κ1) is 29.6. The molecule has 0 aliphatic rings. The number of nitrogens with one attached hydrogen (secondary N) is 1. The Balaban J connectivity index is 1.20. The maximum Gasteiger partial charge on any atom is 0.408 e. The van der Waals surface area contributed by atoms with Gasteiger partial charge in [0.1, 0.15) is 34.9 Å². The molecule has 1 heterocycles. The van der Waals surface area contributed by atoms with Crippen LogP contribution in [-0.4, -0.2) is 35.4 Å². The molecule has 2 N–H and O–H groups in total. The number of carboxylic acids is 1. The van der Waals surface area contributed by atoms with Gasteiger partial charge in [-0.3, -0.25) is 0 Å². The summed E-state index contributed by atoms with van der Waals surface area (Å²) in [6.07, 6.45) is -0.881. The molecular formula is C34H32FNO7. The Bertz CT molecular complexity index is 1770. The van der Waals surface area contributed by atoms with Crippen LogP contribution in [0.2, 0.25) is 0 Å². The van der Waals surface area contributed by atoms with Crippen molar-refractivity contribution in [3.8, 4) is 16.9 Å². The molecule has 0 radical (unpaired) electrons. The van der Waals surface area contributed by atoms with Gasteiger partial charge in [0, 0.05) is 28.0 Å². The summed E-state index contributed by atoms with van der Waals surface area (Å²) in [5.41, 5.74) is 3.93. The third-order valence-electron chi connectivity index (χ3n) is 6.60. The van der Waals surface area contributed by atoms with E-state index in [9.17, 15) is 19.1 Å².